The number of ether oxygens (including phenoxy) is 1. The van der Waals surface area contributed by atoms with Gasteiger partial charge in [-0.2, -0.15) is 4.31 Å². The van der Waals surface area contributed by atoms with Gasteiger partial charge < -0.3 is 9.30 Å². The van der Waals surface area contributed by atoms with Gasteiger partial charge in [-0.3, -0.25) is 0 Å². The fourth-order valence-electron chi connectivity index (χ4n) is 4.29. The highest BCUT2D eigenvalue weighted by Gasteiger charge is 2.32. The second kappa shape index (κ2) is 11.0. The number of aromatic nitrogens is 1. The SMILES string of the molecule is CCCCCn1c(-c2cccc(S(=O)(=O)N3CC(C)OC(C)C3)c2)csc1=Nc1ccccc1. The molecule has 2 atom stereocenters. The summed E-state index contributed by atoms with van der Waals surface area (Å²) in [7, 11) is -3.61. The fraction of sp³-hybridized carbons (Fsp3) is 0.423. The second-order valence-corrected chi connectivity index (χ2v) is 11.6. The van der Waals surface area contributed by atoms with Gasteiger partial charge >= 0.3 is 0 Å². The number of para-hydroxylation sites is 1. The van der Waals surface area contributed by atoms with Crippen LogP contribution in [0, 0.1) is 0 Å². The Hall–Kier alpha value is -2.26. The lowest BCUT2D eigenvalue weighted by atomic mass is 10.1. The van der Waals surface area contributed by atoms with E-state index in [1.807, 2.05) is 56.3 Å². The highest BCUT2D eigenvalue weighted by molar-refractivity contribution is 7.89. The number of rotatable bonds is 8. The van der Waals surface area contributed by atoms with E-state index in [0.29, 0.717) is 18.0 Å². The zero-order chi connectivity index (χ0) is 24.1. The van der Waals surface area contributed by atoms with Gasteiger partial charge in [0.1, 0.15) is 0 Å². The first-order valence-corrected chi connectivity index (χ1v) is 14.2. The summed E-state index contributed by atoms with van der Waals surface area (Å²) in [4.78, 5) is 6.10. The van der Waals surface area contributed by atoms with Crippen LogP contribution in [0.25, 0.3) is 11.3 Å². The van der Waals surface area contributed by atoms with Gasteiger partial charge in [0.2, 0.25) is 10.0 Å². The van der Waals surface area contributed by atoms with Crippen LogP contribution in [0.15, 0.2) is 69.9 Å². The minimum atomic E-state index is -3.61. The van der Waals surface area contributed by atoms with E-state index < -0.39 is 10.0 Å². The number of benzene rings is 2. The van der Waals surface area contributed by atoms with Gasteiger partial charge in [0.25, 0.3) is 0 Å². The van der Waals surface area contributed by atoms with Gasteiger partial charge in [-0.15, -0.1) is 11.3 Å². The van der Waals surface area contributed by atoms with E-state index >= 15 is 0 Å². The molecule has 1 saturated heterocycles. The van der Waals surface area contributed by atoms with Gasteiger partial charge in [0, 0.05) is 30.6 Å². The Morgan fingerprint density at radius 2 is 1.76 bits per heavy atom. The summed E-state index contributed by atoms with van der Waals surface area (Å²) in [6, 6.07) is 17.2. The molecule has 4 rings (SSSR count). The molecule has 1 aliphatic rings. The molecule has 1 aliphatic heterocycles. The number of unbranched alkanes of at least 4 members (excludes halogenated alkanes) is 2. The molecule has 0 radical (unpaired) electrons. The van der Waals surface area contributed by atoms with Crippen LogP contribution in [0.4, 0.5) is 5.69 Å². The number of sulfonamides is 1. The Balaban J connectivity index is 1.72. The lowest BCUT2D eigenvalue weighted by Crippen LogP contribution is -2.48. The largest absolute Gasteiger partial charge is 0.373 e. The van der Waals surface area contributed by atoms with E-state index in [-0.39, 0.29) is 12.2 Å². The van der Waals surface area contributed by atoms with Crippen LogP contribution < -0.4 is 4.80 Å². The van der Waals surface area contributed by atoms with Gasteiger partial charge in [-0.25, -0.2) is 13.4 Å². The topological polar surface area (TPSA) is 63.9 Å². The molecule has 2 heterocycles. The average molecular weight is 500 g/mol. The molecule has 0 aliphatic carbocycles. The Labute approximate surface area is 206 Å². The summed E-state index contributed by atoms with van der Waals surface area (Å²) >= 11 is 1.59. The van der Waals surface area contributed by atoms with Crippen molar-refractivity contribution in [1.29, 1.82) is 0 Å². The number of hydrogen-bond donors (Lipinski definition) is 0. The minimum Gasteiger partial charge on any atom is -0.373 e. The molecule has 182 valence electrons. The Kier molecular flexibility index (Phi) is 8.03. The smallest absolute Gasteiger partial charge is 0.243 e. The number of nitrogens with zero attached hydrogens (tertiary/aromatic N) is 3. The average Bonchev–Trinajstić information content (AvgIpc) is 3.21. The van der Waals surface area contributed by atoms with Crippen molar-refractivity contribution in [3.63, 3.8) is 0 Å². The maximum Gasteiger partial charge on any atom is 0.243 e. The normalized spacial score (nSPS) is 20.0. The molecule has 0 bridgehead atoms. The Bertz CT molecular complexity index is 1260. The van der Waals surface area contributed by atoms with Gasteiger partial charge in [-0.1, -0.05) is 50.1 Å². The monoisotopic (exact) mass is 499 g/mol. The molecule has 1 fully saturated rings. The molecule has 2 aromatic carbocycles. The summed E-state index contributed by atoms with van der Waals surface area (Å²) < 4.78 is 36.4. The second-order valence-electron chi connectivity index (χ2n) is 8.82. The van der Waals surface area contributed by atoms with Crippen molar-refractivity contribution < 1.29 is 13.2 Å². The van der Waals surface area contributed by atoms with Crippen LogP contribution in [0.2, 0.25) is 0 Å². The first kappa shape index (κ1) is 24.9. The number of hydrogen-bond acceptors (Lipinski definition) is 5. The Morgan fingerprint density at radius 1 is 1.03 bits per heavy atom. The first-order chi connectivity index (χ1) is 16.4. The molecule has 34 heavy (non-hydrogen) atoms. The van der Waals surface area contributed by atoms with Crippen LogP contribution in [-0.4, -0.2) is 42.6 Å². The van der Waals surface area contributed by atoms with Crippen molar-refractivity contribution in [2.45, 2.75) is 63.7 Å². The summed E-state index contributed by atoms with van der Waals surface area (Å²) in [5.41, 5.74) is 2.79. The summed E-state index contributed by atoms with van der Waals surface area (Å²) in [6.45, 7) is 7.59. The zero-order valence-electron chi connectivity index (χ0n) is 20.1. The summed E-state index contributed by atoms with van der Waals surface area (Å²) in [6.07, 6.45) is 3.07. The quantitative estimate of drug-likeness (QED) is 0.388. The van der Waals surface area contributed by atoms with E-state index in [0.717, 1.165) is 47.6 Å². The molecule has 3 aromatic rings. The van der Waals surface area contributed by atoms with Crippen molar-refractivity contribution in [2.75, 3.05) is 13.1 Å². The van der Waals surface area contributed by atoms with Gasteiger partial charge in [-0.05, 0) is 44.5 Å². The third kappa shape index (κ3) is 5.68. The molecule has 1 aromatic heterocycles. The van der Waals surface area contributed by atoms with Crippen LogP contribution >= 0.6 is 11.3 Å². The van der Waals surface area contributed by atoms with Crippen molar-refractivity contribution in [3.05, 3.63) is 64.8 Å². The maximum atomic E-state index is 13.5. The molecular formula is C26H33N3O3S2. The van der Waals surface area contributed by atoms with Crippen LogP contribution in [0.3, 0.4) is 0 Å². The number of thiazole rings is 1. The predicted octanol–water partition coefficient (Wildman–Crippen LogP) is 5.44. The van der Waals surface area contributed by atoms with E-state index in [1.165, 1.54) is 0 Å². The molecule has 0 saturated carbocycles. The van der Waals surface area contributed by atoms with E-state index in [9.17, 15) is 8.42 Å². The van der Waals surface area contributed by atoms with Crippen LogP contribution in [-0.2, 0) is 21.3 Å². The standard InChI is InChI=1S/C26H33N3O3S2/c1-4-5-9-15-29-25(19-33-26(29)27-23-12-7-6-8-13-23)22-11-10-14-24(16-22)34(30,31)28-17-20(2)32-21(3)18-28/h6-8,10-14,16,19-21H,4-5,9,15,17-18H2,1-3H3. The molecule has 6 nitrogen and oxygen atoms in total. The van der Waals surface area contributed by atoms with Gasteiger partial charge in [0.05, 0.1) is 28.5 Å². The van der Waals surface area contributed by atoms with Crippen LogP contribution in [0.1, 0.15) is 40.0 Å². The minimum absolute atomic E-state index is 0.124. The molecule has 8 heteroatoms. The van der Waals surface area contributed by atoms with Gasteiger partial charge in [0.15, 0.2) is 4.80 Å². The van der Waals surface area contributed by atoms with E-state index in [4.69, 9.17) is 9.73 Å². The molecule has 0 N–H and O–H groups in total. The molecular weight excluding hydrogens is 466 g/mol. The highest BCUT2D eigenvalue weighted by atomic mass is 32.2. The third-order valence-electron chi connectivity index (χ3n) is 5.92. The molecule has 0 amide bonds. The first-order valence-electron chi connectivity index (χ1n) is 11.9. The Morgan fingerprint density at radius 3 is 2.47 bits per heavy atom. The highest BCUT2D eigenvalue weighted by Crippen LogP contribution is 2.27. The van der Waals surface area contributed by atoms with E-state index in [2.05, 4.69) is 16.9 Å². The van der Waals surface area contributed by atoms with Crippen molar-refractivity contribution in [1.82, 2.24) is 8.87 Å². The lowest BCUT2D eigenvalue weighted by molar-refractivity contribution is -0.0440. The summed E-state index contributed by atoms with van der Waals surface area (Å²) in [5.74, 6) is 0. The third-order valence-corrected chi connectivity index (χ3v) is 8.61. The predicted molar refractivity (Wildman–Crippen MR) is 138 cm³/mol. The molecule has 2 unspecified atom stereocenters. The van der Waals surface area contributed by atoms with Crippen molar-refractivity contribution in [3.8, 4) is 11.3 Å². The van der Waals surface area contributed by atoms with Crippen LogP contribution in [0.5, 0.6) is 0 Å². The van der Waals surface area contributed by atoms with E-state index in [1.54, 1.807) is 27.8 Å². The van der Waals surface area contributed by atoms with Crippen molar-refractivity contribution in [2.24, 2.45) is 4.99 Å². The maximum absolute atomic E-state index is 13.5. The van der Waals surface area contributed by atoms with Crippen molar-refractivity contribution >= 4 is 27.0 Å². The number of morpholine rings is 1. The fourth-order valence-corrected chi connectivity index (χ4v) is 6.88. The summed E-state index contributed by atoms with van der Waals surface area (Å²) in [5, 5.41) is 2.08. The molecule has 0 spiro atoms. The lowest BCUT2D eigenvalue weighted by Gasteiger charge is -2.34. The zero-order valence-corrected chi connectivity index (χ0v) is 21.7.